The molecule has 2 N–H and O–H groups in total. The molecular formula is C5H9N3. The Bertz CT molecular complexity index is 184. The maximum Gasteiger partial charge on any atom is 0.104 e. The average Bonchev–Trinajstić information content (AvgIpc) is 2.18. The number of imidazole rings is 1. The molecular weight excluding hydrogens is 102 g/mol. The van der Waals surface area contributed by atoms with Gasteiger partial charge in [0.25, 0.3) is 0 Å². The van der Waals surface area contributed by atoms with Crippen molar-refractivity contribution in [3.63, 3.8) is 0 Å². The smallest absolute Gasteiger partial charge is 0.104 e. The van der Waals surface area contributed by atoms with E-state index in [4.69, 9.17) is 7.10 Å². The van der Waals surface area contributed by atoms with Crippen LogP contribution in [0.15, 0.2) is 18.7 Å². The third-order valence-corrected chi connectivity index (χ3v) is 0.877. The van der Waals surface area contributed by atoms with Crippen LogP contribution in [0, 0.1) is 0 Å². The van der Waals surface area contributed by atoms with E-state index in [0.717, 1.165) is 0 Å². The highest BCUT2D eigenvalue weighted by atomic mass is 15.0. The standard InChI is InChI=1S/C5H9N3/c6-1-3-8-4-2-7-5-8/h2,4-5H,1,3,6H2/i5T. The molecule has 1 heterocycles. The van der Waals surface area contributed by atoms with Crippen molar-refractivity contribution in [1.29, 1.82) is 0 Å². The Kier molecular flexibility index (Phi) is 1.26. The quantitative estimate of drug-likeness (QED) is 0.579. The van der Waals surface area contributed by atoms with Crippen molar-refractivity contribution in [3.05, 3.63) is 18.7 Å². The molecule has 0 unspecified atom stereocenters. The van der Waals surface area contributed by atoms with E-state index >= 15 is 0 Å². The molecule has 3 heteroatoms. The molecule has 8 heavy (non-hydrogen) atoms. The lowest BCUT2D eigenvalue weighted by atomic mass is 10.6. The van der Waals surface area contributed by atoms with Gasteiger partial charge in [-0.05, 0) is 0 Å². The lowest BCUT2D eigenvalue weighted by Gasteiger charge is -1.93. The molecule has 0 fully saturated rings. The fourth-order valence-electron chi connectivity index (χ4n) is 0.518. The number of aromatic nitrogens is 2. The Balaban J connectivity index is 2.69. The van der Waals surface area contributed by atoms with Gasteiger partial charge in [-0.1, -0.05) is 0 Å². The maximum absolute atomic E-state index is 7.15. The first-order valence-corrected chi connectivity index (χ1v) is 2.52. The zero-order valence-electron chi connectivity index (χ0n) is 5.54. The second-order valence-corrected chi connectivity index (χ2v) is 1.51. The lowest BCUT2D eigenvalue weighted by Crippen LogP contribution is -2.07. The molecule has 0 aliphatic heterocycles. The Morgan fingerprint density at radius 1 is 1.88 bits per heavy atom. The van der Waals surface area contributed by atoms with Crippen LogP contribution in [0.2, 0.25) is 0 Å². The Labute approximate surface area is 49.5 Å². The van der Waals surface area contributed by atoms with Gasteiger partial charge in [0.05, 0.1) is 6.30 Å². The minimum atomic E-state index is 0.278. The molecule has 0 saturated carbocycles. The van der Waals surface area contributed by atoms with Crippen LogP contribution in [0.5, 0.6) is 0 Å². The van der Waals surface area contributed by atoms with Crippen LogP contribution in [-0.4, -0.2) is 16.1 Å². The summed E-state index contributed by atoms with van der Waals surface area (Å²) in [6.07, 6.45) is 3.62. The largest absolute Gasteiger partial charge is 0.336 e. The predicted octanol–water partition coefficient (Wildman–Crippen LogP) is -0.158. The molecule has 0 aliphatic rings. The van der Waals surface area contributed by atoms with Gasteiger partial charge < -0.3 is 10.3 Å². The van der Waals surface area contributed by atoms with Crippen molar-refractivity contribution >= 4 is 0 Å². The van der Waals surface area contributed by atoms with Gasteiger partial charge in [-0.15, -0.1) is 0 Å². The SMILES string of the molecule is [3H]c1nccn1CCN. The van der Waals surface area contributed by atoms with Gasteiger partial charge in [0.15, 0.2) is 0 Å². The van der Waals surface area contributed by atoms with E-state index in [1.165, 1.54) is 0 Å². The van der Waals surface area contributed by atoms with Crippen LogP contribution in [0.3, 0.4) is 0 Å². The van der Waals surface area contributed by atoms with E-state index in [9.17, 15) is 0 Å². The summed E-state index contributed by atoms with van der Waals surface area (Å²) in [5.41, 5.74) is 5.26. The zero-order valence-corrected chi connectivity index (χ0v) is 4.54. The highest BCUT2D eigenvalue weighted by Crippen LogP contribution is 1.81. The second kappa shape index (κ2) is 2.47. The average molecular weight is 113 g/mol. The minimum Gasteiger partial charge on any atom is -0.336 e. The highest BCUT2D eigenvalue weighted by Gasteiger charge is 1.82. The predicted molar refractivity (Wildman–Crippen MR) is 31.3 cm³/mol. The molecule has 0 aromatic carbocycles. The van der Waals surface area contributed by atoms with Crippen LogP contribution in [0.4, 0.5) is 0 Å². The number of hydrogen-bond donors (Lipinski definition) is 1. The summed E-state index contributed by atoms with van der Waals surface area (Å²) in [6.45, 7) is 1.24. The van der Waals surface area contributed by atoms with Crippen molar-refractivity contribution in [2.45, 2.75) is 6.54 Å². The van der Waals surface area contributed by atoms with E-state index in [1.807, 2.05) is 0 Å². The molecule has 0 bridgehead atoms. The fraction of sp³-hybridized carbons (Fsp3) is 0.400. The summed E-state index contributed by atoms with van der Waals surface area (Å²) >= 11 is 0. The summed E-state index contributed by atoms with van der Waals surface area (Å²) in [6, 6.07) is 0. The molecule has 0 saturated heterocycles. The normalized spacial score (nSPS) is 11.4. The fourth-order valence-corrected chi connectivity index (χ4v) is 0.518. The van der Waals surface area contributed by atoms with Crippen molar-refractivity contribution in [3.8, 4) is 0 Å². The van der Waals surface area contributed by atoms with Crippen molar-refractivity contribution in [1.82, 2.24) is 9.55 Å². The zero-order chi connectivity index (χ0) is 6.69. The van der Waals surface area contributed by atoms with Crippen molar-refractivity contribution in [2.24, 2.45) is 5.73 Å². The van der Waals surface area contributed by atoms with Crippen LogP contribution >= 0.6 is 0 Å². The van der Waals surface area contributed by atoms with Gasteiger partial charge in [-0.2, -0.15) is 0 Å². The van der Waals surface area contributed by atoms with Crippen LogP contribution < -0.4 is 5.73 Å². The summed E-state index contributed by atoms with van der Waals surface area (Å²) in [5, 5.41) is 0. The molecule has 1 aromatic heterocycles. The topological polar surface area (TPSA) is 43.8 Å². The van der Waals surface area contributed by atoms with Gasteiger partial charge in [0.2, 0.25) is 0 Å². The van der Waals surface area contributed by atoms with Crippen molar-refractivity contribution < 1.29 is 1.37 Å². The molecule has 0 amide bonds. The van der Waals surface area contributed by atoms with Crippen LogP contribution in [-0.2, 0) is 6.54 Å². The van der Waals surface area contributed by atoms with E-state index in [1.54, 1.807) is 17.0 Å². The minimum absolute atomic E-state index is 0.278. The third kappa shape index (κ3) is 1.07. The van der Waals surface area contributed by atoms with E-state index in [2.05, 4.69) is 4.98 Å². The van der Waals surface area contributed by atoms with E-state index in [-0.39, 0.29) is 6.30 Å². The third-order valence-electron chi connectivity index (χ3n) is 0.877. The molecule has 0 atom stereocenters. The van der Waals surface area contributed by atoms with Gasteiger partial charge in [-0.3, -0.25) is 0 Å². The summed E-state index contributed by atoms with van der Waals surface area (Å²) < 4.78 is 8.84. The van der Waals surface area contributed by atoms with Gasteiger partial charge >= 0.3 is 0 Å². The molecule has 1 aromatic rings. The number of nitrogens with two attached hydrogens (primary N) is 1. The summed E-state index contributed by atoms with van der Waals surface area (Å²) in [5.74, 6) is 0. The number of nitrogens with zero attached hydrogens (tertiary/aromatic N) is 2. The number of hydrogen-bond acceptors (Lipinski definition) is 2. The molecule has 0 aliphatic carbocycles. The van der Waals surface area contributed by atoms with Gasteiger partial charge in [-0.25, -0.2) is 4.98 Å². The Morgan fingerprint density at radius 2 is 2.75 bits per heavy atom. The molecule has 1 rings (SSSR count). The molecule has 44 valence electrons. The number of rotatable bonds is 2. The monoisotopic (exact) mass is 113 g/mol. The Hall–Kier alpha value is -0.830. The first-order valence-electron chi connectivity index (χ1n) is 3.02. The molecule has 0 radical (unpaired) electrons. The van der Waals surface area contributed by atoms with E-state index in [0.29, 0.717) is 13.1 Å². The summed E-state index contributed by atoms with van der Waals surface area (Å²) in [7, 11) is 0. The van der Waals surface area contributed by atoms with Crippen LogP contribution in [0.25, 0.3) is 0 Å². The maximum atomic E-state index is 7.15. The van der Waals surface area contributed by atoms with Crippen molar-refractivity contribution in [2.75, 3.05) is 6.54 Å². The molecule has 0 spiro atoms. The highest BCUT2D eigenvalue weighted by molar-refractivity contribution is 4.73. The summed E-state index contributed by atoms with van der Waals surface area (Å²) in [4.78, 5) is 3.71. The first kappa shape index (κ1) is 4.09. The lowest BCUT2D eigenvalue weighted by molar-refractivity contribution is 0.708. The first-order chi connectivity index (χ1) is 4.34. The second-order valence-electron chi connectivity index (χ2n) is 1.51. The van der Waals surface area contributed by atoms with Crippen LogP contribution in [0.1, 0.15) is 1.37 Å². The van der Waals surface area contributed by atoms with E-state index < -0.39 is 0 Å². The van der Waals surface area contributed by atoms with Gasteiger partial charge in [0, 0.05) is 25.5 Å². The Morgan fingerprint density at radius 3 is 3.25 bits per heavy atom. The van der Waals surface area contributed by atoms with Gasteiger partial charge in [0.1, 0.15) is 1.37 Å². The molecule has 3 nitrogen and oxygen atoms in total.